The number of hydrogen-bond donors (Lipinski definition) is 1. The predicted octanol–water partition coefficient (Wildman–Crippen LogP) is 4.39. The number of nitrogens with zero attached hydrogens (tertiary/aromatic N) is 1. The number of carbonyl (C=O) groups is 1. The van der Waals surface area contributed by atoms with E-state index in [1.54, 1.807) is 18.2 Å². The van der Waals surface area contributed by atoms with Gasteiger partial charge in [-0.05, 0) is 64.7 Å². The van der Waals surface area contributed by atoms with Crippen molar-refractivity contribution in [3.63, 3.8) is 0 Å². The van der Waals surface area contributed by atoms with E-state index in [9.17, 15) is 9.18 Å². The van der Waals surface area contributed by atoms with Crippen LogP contribution < -0.4 is 10.2 Å². The number of benzene rings is 2. The summed E-state index contributed by atoms with van der Waals surface area (Å²) in [6, 6.07) is 7.62. The molecule has 7 heteroatoms. The molecule has 2 aromatic carbocycles. The van der Waals surface area contributed by atoms with E-state index in [4.69, 9.17) is 16.3 Å². The number of amides is 1. The lowest BCUT2D eigenvalue weighted by molar-refractivity contribution is -0.123. The van der Waals surface area contributed by atoms with E-state index in [-0.39, 0.29) is 12.4 Å². The lowest BCUT2D eigenvalue weighted by atomic mass is 10.1. The minimum absolute atomic E-state index is 0.209. The number of hydrazone groups is 1. The van der Waals surface area contributed by atoms with E-state index in [0.29, 0.717) is 20.8 Å². The Morgan fingerprint density at radius 1 is 1.42 bits per heavy atom. The number of carbonyl (C=O) groups excluding carboxylic acids is 1. The smallest absolute Gasteiger partial charge is 0.277 e. The monoisotopic (exact) mass is 412 g/mol. The molecule has 126 valence electrons. The van der Waals surface area contributed by atoms with Gasteiger partial charge in [0.1, 0.15) is 11.6 Å². The lowest BCUT2D eigenvalue weighted by Crippen LogP contribution is -2.24. The van der Waals surface area contributed by atoms with Crippen LogP contribution in [0.3, 0.4) is 0 Å². The number of rotatable bonds is 5. The van der Waals surface area contributed by atoms with Crippen molar-refractivity contribution in [1.29, 1.82) is 0 Å². The number of ether oxygens (including phenoxy) is 1. The Hall–Kier alpha value is -1.92. The van der Waals surface area contributed by atoms with Gasteiger partial charge in [-0.2, -0.15) is 5.10 Å². The largest absolute Gasteiger partial charge is 0.483 e. The summed E-state index contributed by atoms with van der Waals surface area (Å²) in [7, 11) is 0. The molecule has 0 heterocycles. The summed E-state index contributed by atoms with van der Waals surface area (Å²) >= 11 is 9.54. The van der Waals surface area contributed by atoms with Gasteiger partial charge in [-0.3, -0.25) is 4.79 Å². The summed E-state index contributed by atoms with van der Waals surface area (Å²) in [5.74, 6) is -0.273. The van der Waals surface area contributed by atoms with Gasteiger partial charge in [0.05, 0.1) is 10.7 Å². The van der Waals surface area contributed by atoms with Gasteiger partial charge in [0.2, 0.25) is 0 Å². The third kappa shape index (κ3) is 4.79. The van der Waals surface area contributed by atoms with Gasteiger partial charge in [-0.1, -0.05) is 23.7 Å². The summed E-state index contributed by atoms with van der Waals surface area (Å²) in [6.45, 7) is 3.51. The molecule has 2 aromatic rings. The Labute approximate surface area is 152 Å². The summed E-state index contributed by atoms with van der Waals surface area (Å²) in [5.41, 5.74) is 4.57. The van der Waals surface area contributed by atoms with E-state index in [1.807, 2.05) is 13.8 Å². The summed E-state index contributed by atoms with van der Waals surface area (Å²) in [6.07, 6.45) is 1.35. The first kappa shape index (κ1) is 18.4. The standard InChI is InChI=1S/C17H15BrClFN2O2/c1-10-6-14(16(18)11(2)17(10)19)24-9-15(23)22-21-8-12-4-3-5-13(20)7-12/h3-8H,9H2,1-2H3,(H,22,23)/b21-8+. The van der Waals surface area contributed by atoms with E-state index in [0.717, 1.165) is 11.1 Å². The van der Waals surface area contributed by atoms with Crippen molar-refractivity contribution in [3.8, 4) is 5.75 Å². The van der Waals surface area contributed by atoms with Crippen LogP contribution in [0.1, 0.15) is 16.7 Å². The van der Waals surface area contributed by atoms with Gasteiger partial charge < -0.3 is 4.74 Å². The second-order valence-corrected chi connectivity index (χ2v) is 6.25. The average Bonchev–Trinajstić information content (AvgIpc) is 2.55. The van der Waals surface area contributed by atoms with Crippen LogP contribution >= 0.6 is 27.5 Å². The van der Waals surface area contributed by atoms with Crippen molar-refractivity contribution in [1.82, 2.24) is 5.43 Å². The van der Waals surface area contributed by atoms with Gasteiger partial charge in [0.25, 0.3) is 5.91 Å². The van der Waals surface area contributed by atoms with Crippen LogP contribution in [0.2, 0.25) is 5.02 Å². The molecule has 0 bridgehead atoms. The maximum absolute atomic E-state index is 13.0. The maximum Gasteiger partial charge on any atom is 0.277 e. The number of halogens is 3. The molecule has 0 aliphatic carbocycles. The van der Waals surface area contributed by atoms with Crippen LogP contribution in [0, 0.1) is 19.7 Å². The van der Waals surface area contributed by atoms with E-state index in [2.05, 4.69) is 26.5 Å². The highest BCUT2D eigenvalue weighted by Gasteiger charge is 2.12. The summed E-state index contributed by atoms with van der Waals surface area (Å²) < 4.78 is 19.2. The van der Waals surface area contributed by atoms with Gasteiger partial charge >= 0.3 is 0 Å². The Morgan fingerprint density at radius 2 is 2.17 bits per heavy atom. The Balaban J connectivity index is 1.92. The Morgan fingerprint density at radius 3 is 2.88 bits per heavy atom. The molecule has 0 aromatic heterocycles. The highest BCUT2D eigenvalue weighted by atomic mass is 79.9. The molecule has 1 N–H and O–H groups in total. The minimum atomic E-state index is -0.431. The fourth-order valence-electron chi connectivity index (χ4n) is 1.95. The summed E-state index contributed by atoms with van der Waals surface area (Å²) in [5, 5.41) is 4.41. The van der Waals surface area contributed by atoms with Crippen molar-refractivity contribution < 1.29 is 13.9 Å². The van der Waals surface area contributed by atoms with Gasteiger partial charge in [0, 0.05) is 5.02 Å². The third-order valence-electron chi connectivity index (χ3n) is 3.18. The van der Waals surface area contributed by atoms with Crippen LogP contribution in [-0.4, -0.2) is 18.7 Å². The van der Waals surface area contributed by atoms with E-state index in [1.165, 1.54) is 18.3 Å². The molecule has 0 spiro atoms. The molecule has 4 nitrogen and oxygen atoms in total. The van der Waals surface area contributed by atoms with Crippen molar-refractivity contribution >= 4 is 39.7 Å². The molecular formula is C17H15BrClFN2O2. The SMILES string of the molecule is Cc1cc(OCC(=O)N/N=C/c2cccc(F)c2)c(Br)c(C)c1Cl. The van der Waals surface area contributed by atoms with Gasteiger partial charge in [-0.25, -0.2) is 9.82 Å². The zero-order valence-electron chi connectivity index (χ0n) is 13.1. The molecule has 0 aliphatic heterocycles. The fourth-order valence-corrected chi connectivity index (χ4v) is 2.64. The van der Waals surface area contributed by atoms with Gasteiger partial charge in [0.15, 0.2) is 6.61 Å². The molecule has 24 heavy (non-hydrogen) atoms. The predicted molar refractivity (Wildman–Crippen MR) is 96.3 cm³/mol. The first-order chi connectivity index (χ1) is 11.4. The normalized spacial score (nSPS) is 10.9. The molecule has 2 rings (SSSR count). The quantitative estimate of drug-likeness (QED) is 0.584. The Bertz CT molecular complexity index is 796. The molecule has 0 saturated heterocycles. The van der Waals surface area contributed by atoms with E-state index < -0.39 is 5.91 Å². The van der Waals surface area contributed by atoms with Crippen molar-refractivity contribution in [3.05, 3.63) is 62.3 Å². The molecule has 0 fully saturated rings. The molecule has 0 aliphatic rings. The second kappa shape index (κ2) is 8.26. The maximum atomic E-state index is 13.0. The number of aryl methyl sites for hydroxylation is 1. The second-order valence-electron chi connectivity index (χ2n) is 5.08. The first-order valence-electron chi connectivity index (χ1n) is 7.04. The third-order valence-corrected chi connectivity index (χ3v) is 4.75. The molecule has 0 unspecified atom stereocenters. The van der Waals surface area contributed by atoms with Crippen LogP contribution in [0.15, 0.2) is 39.9 Å². The van der Waals surface area contributed by atoms with Crippen LogP contribution in [0.5, 0.6) is 5.75 Å². The first-order valence-corrected chi connectivity index (χ1v) is 8.21. The van der Waals surface area contributed by atoms with Crippen molar-refractivity contribution in [2.45, 2.75) is 13.8 Å². The number of hydrogen-bond acceptors (Lipinski definition) is 3. The van der Waals surface area contributed by atoms with Crippen molar-refractivity contribution in [2.24, 2.45) is 5.10 Å². The topological polar surface area (TPSA) is 50.7 Å². The highest BCUT2D eigenvalue weighted by Crippen LogP contribution is 2.35. The zero-order valence-corrected chi connectivity index (χ0v) is 15.4. The van der Waals surface area contributed by atoms with E-state index >= 15 is 0 Å². The molecule has 0 radical (unpaired) electrons. The van der Waals surface area contributed by atoms with Crippen LogP contribution in [0.25, 0.3) is 0 Å². The zero-order chi connectivity index (χ0) is 17.7. The minimum Gasteiger partial charge on any atom is -0.483 e. The van der Waals surface area contributed by atoms with Crippen LogP contribution in [0.4, 0.5) is 4.39 Å². The fraction of sp³-hybridized carbons (Fsp3) is 0.176. The Kier molecular flexibility index (Phi) is 6.34. The number of nitrogens with one attached hydrogen (secondary N) is 1. The molecule has 0 saturated carbocycles. The molecule has 1 amide bonds. The molecular weight excluding hydrogens is 399 g/mol. The summed E-state index contributed by atoms with van der Waals surface area (Å²) in [4.78, 5) is 11.8. The highest BCUT2D eigenvalue weighted by molar-refractivity contribution is 9.10. The molecule has 0 atom stereocenters. The lowest BCUT2D eigenvalue weighted by Gasteiger charge is -2.12. The average molecular weight is 414 g/mol. The van der Waals surface area contributed by atoms with Crippen LogP contribution in [-0.2, 0) is 4.79 Å². The van der Waals surface area contributed by atoms with Crippen molar-refractivity contribution in [2.75, 3.05) is 6.61 Å². The van der Waals surface area contributed by atoms with Gasteiger partial charge in [-0.15, -0.1) is 0 Å².